The number of carbonyl (C=O) groups is 1. The lowest BCUT2D eigenvalue weighted by atomic mass is 10.1. The summed E-state index contributed by atoms with van der Waals surface area (Å²) in [5, 5.41) is 0. The van der Waals surface area contributed by atoms with E-state index >= 15 is 0 Å². The molecule has 4 heterocycles. The van der Waals surface area contributed by atoms with E-state index < -0.39 is 5.82 Å². The summed E-state index contributed by atoms with van der Waals surface area (Å²) in [5.41, 5.74) is 2.13. The molecule has 2 aliphatic rings. The van der Waals surface area contributed by atoms with Crippen LogP contribution in [0, 0.1) is 5.82 Å². The maximum atomic E-state index is 14.3. The fraction of sp³-hybridized carbons (Fsp3) is 0.360. The zero-order valence-corrected chi connectivity index (χ0v) is 19.0. The number of carbonyl (C=O) groups excluding carboxylic acids is 1. The molecule has 1 atom stereocenters. The maximum Gasteiger partial charge on any atom is 0.255 e. The van der Waals surface area contributed by atoms with E-state index in [9.17, 15) is 14.0 Å². The Bertz CT molecular complexity index is 1260. The van der Waals surface area contributed by atoms with E-state index in [1.54, 1.807) is 7.05 Å². The zero-order valence-electron chi connectivity index (χ0n) is 19.0. The van der Waals surface area contributed by atoms with Crippen molar-refractivity contribution in [2.24, 2.45) is 7.05 Å². The quantitative estimate of drug-likeness (QED) is 0.592. The maximum absolute atomic E-state index is 14.3. The normalized spacial score (nSPS) is 18.9. The molecule has 0 aliphatic carbocycles. The highest BCUT2D eigenvalue weighted by Gasteiger charge is 2.26. The van der Waals surface area contributed by atoms with Crippen molar-refractivity contribution in [3.8, 4) is 11.3 Å². The number of benzene rings is 1. The van der Waals surface area contributed by atoms with Gasteiger partial charge in [0.25, 0.3) is 5.56 Å². The van der Waals surface area contributed by atoms with Crippen molar-refractivity contribution in [1.29, 1.82) is 0 Å². The van der Waals surface area contributed by atoms with Crippen molar-refractivity contribution in [2.75, 3.05) is 36.0 Å². The van der Waals surface area contributed by atoms with Crippen LogP contribution in [-0.2, 0) is 16.6 Å². The molecular weight excluding hydrogens is 437 g/mol. The van der Waals surface area contributed by atoms with E-state index in [1.807, 2.05) is 34.1 Å². The summed E-state index contributed by atoms with van der Waals surface area (Å²) in [4.78, 5) is 37.1. The van der Waals surface area contributed by atoms with Gasteiger partial charge >= 0.3 is 0 Å². The number of ether oxygens (including phenoxy) is 1. The number of aromatic nitrogens is 3. The Morgan fingerprint density at radius 2 is 1.91 bits per heavy atom. The summed E-state index contributed by atoms with van der Waals surface area (Å²) >= 11 is 0. The molecule has 0 bridgehead atoms. The van der Waals surface area contributed by atoms with Crippen LogP contribution in [0.3, 0.4) is 0 Å². The minimum atomic E-state index is -0.527. The molecule has 1 aromatic carbocycles. The van der Waals surface area contributed by atoms with Gasteiger partial charge in [-0.2, -0.15) is 0 Å². The number of rotatable bonds is 4. The van der Waals surface area contributed by atoms with Gasteiger partial charge in [-0.15, -0.1) is 0 Å². The minimum absolute atomic E-state index is 0.164. The monoisotopic (exact) mass is 463 g/mol. The molecule has 1 amide bonds. The molecule has 0 N–H and O–H groups in total. The van der Waals surface area contributed by atoms with Gasteiger partial charge in [0.15, 0.2) is 5.82 Å². The first-order valence-electron chi connectivity index (χ1n) is 11.5. The van der Waals surface area contributed by atoms with Crippen LogP contribution in [0.25, 0.3) is 11.3 Å². The smallest absolute Gasteiger partial charge is 0.255 e. The molecule has 8 nitrogen and oxygen atoms in total. The Kier molecular flexibility index (Phi) is 6.10. The van der Waals surface area contributed by atoms with E-state index in [1.165, 1.54) is 22.9 Å². The van der Waals surface area contributed by atoms with Crippen molar-refractivity contribution in [1.82, 2.24) is 14.5 Å². The van der Waals surface area contributed by atoms with Crippen LogP contribution < -0.4 is 15.4 Å². The van der Waals surface area contributed by atoms with Crippen LogP contribution in [-0.4, -0.2) is 46.7 Å². The van der Waals surface area contributed by atoms with Crippen LogP contribution in [0.15, 0.2) is 53.6 Å². The van der Waals surface area contributed by atoms with Crippen LogP contribution in [0.1, 0.15) is 30.9 Å². The summed E-state index contributed by atoms with van der Waals surface area (Å²) in [6.45, 7) is 2.25. The topological polar surface area (TPSA) is 80.6 Å². The van der Waals surface area contributed by atoms with Gasteiger partial charge in [-0.25, -0.2) is 9.37 Å². The summed E-state index contributed by atoms with van der Waals surface area (Å²) in [6, 6.07) is 10.7. The standard InChI is InChI=1S/C25H26FN5O3/c1-29-24(33)14-21(19-9-10-27-15-20(19)26)28-25(29)30-12-13-34-22(16-30)17-5-7-18(8-6-17)31-11-3-2-4-23(31)32/h5-10,14-15,22H,2-4,11-13,16H2,1H3/t22-/m1/s1. The van der Waals surface area contributed by atoms with E-state index in [0.29, 0.717) is 32.1 Å². The number of hydrogen-bond donors (Lipinski definition) is 0. The van der Waals surface area contributed by atoms with Crippen molar-refractivity contribution < 1.29 is 13.9 Å². The Balaban J connectivity index is 1.39. The second-order valence-electron chi connectivity index (χ2n) is 8.59. The first kappa shape index (κ1) is 22.2. The molecule has 176 valence electrons. The molecule has 34 heavy (non-hydrogen) atoms. The highest BCUT2D eigenvalue weighted by Crippen LogP contribution is 2.29. The highest BCUT2D eigenvalue weighted by atomic mass is 19.1. The van der Waals surface area contributed by atoms with E-state index in [-0.39, 0.29) is 28.8 Å². The van der Waals surface area contributed by atoms with Gasteiger partial charge in [0.05, 0.1) is 25.0 Å². The third-order valence-electron chi connectivity index (χ3n) is 6.41. The molecule has 3 aromatic rings. The number of anilines is 2. The zero-order chi connectivity index (χ0) is 23.7. The van der Waals surface area contributed by atoms with E-state index in [2.05, 4.69) is 9.97 Å². The number of morpholine rings is 1. The molecule has 5 rings (SSSR count). The molecule has 2 saturated heterocycles. The largest absolute Gasteiger partial charge is 0.370 e. The molecule has 2 fully saturated rings. The Morgan fingerprint density at radius 1 is 1.09 bits per heavy atom. The number of nitrogens with zero attached hydrogens (tertiary/aromatic N) is 5. The van der Waals surface area contributed by atoms with Gasteiger partial charge < -0.3 is 14.5 Å². The summed E-state index contributed by atoms with van der Waals surface area (Å²) in [7, 11) is 1.66. The van der Waals surface area contributed by atoms with Gasteiger partial charge in [0.2, 0.25) is 11.9 Å². The lowest BCUT2D eigenvalue weighted by molar-refractivity contribution is -0.119. The average Bonchev–Trinajstić information content (AvgIpc) is 2.86. The van der Waals surface area contributed by atoms with Gasteiger partial charge in [0.1, 0.15) is 6.10 Å². The van der Waals surface area contributed by atoms with E-state index in [4.69, 9.17) is 4.74 Å². The van der Waals surface area contributed by atoms with Crippen molar-refractivity contribution >= 4 is 17.5 Å². The first-order valence-corrected chi connectivity index (χ1v) is 11.5. The fourth-order valence-electron chi connectivity index (χ4n) is 4.51. The molecule has 0 saturated carbocycles. The molecule has 2 aliphatic heterocycles. The third kappa shape index (κ3) is 4.31. The van der Waals surface area contributed by atoms with Crippen LogP contribution >= 0.6 is 0 Å². The Hall–Kier alpha value is -3.59. The predicted octanol–water partition coefficient (Wildman–Crippen LogP) is 3.08. The van der Waals surface area contributed by atoms with Gasteiger partial charge in [0, 0.05) is 50.1 Å². The number of amides is 1. The summed E-state index contributed by atoms with van der Waals surface area (Å²) < 4.78 is 21.8. The molecule has 0 unspecified atom stereocenters. The van der Waals surface area contributed by atoms with Crippen LogP contribution in [0.2, 0.25) is 0 Å². The van der Waals surface area contributed by atoms with Crippen LogP contribution in [0.4, 0.5) is 16.0 Å². The van der Waals surface area contributed by atoms with Crippen molar-refractivity contribution in [3.05, 3.63) is 70.5 Å². The second kappa shape index (κ2) is 9.34. The van der Waals surface area contributed by atoms with Crippen molar-refractivity contribution in [3.63, 3.8) is 0 Å². The van der Waals surface area contributed by atoms with Gasteiger partial charge in [-0.3, -0.25) is 19.1 Å². The highest BCUT2D eigenvalue weighted by molar-refractivity contribution is 5.93. The first-order chi connectivity index (χ1) is 16.5. The molecule has 2 aromatic heterocycles. The number of pyridine rings is 1. The number of hydrogen-bond acceptors (Lipinski definition) is 6. The van der Waals surface area contributed by atoms with Crippen molar-refractivity contribution in [2.45, 2.75) is 25.4 Å². The lowest BCUT2D eigenvalue weighted by Gasteiger charge is -2.35. The third-order valence-corrected chi connectivity index (χ3v) is 6.41. The fourth-order valence-corrected chi connectivity index (χ4v) is 4.51. The van der Waals surface area contributed by atoms with Gasteiger partial charge in [-0.1, -0.05) is 12.1 Å². The average molecular weight is 464 g/mol. The van der Waals surface area contributed by atoms with E-state index in [0.717, 1.165) is 36.8 Å². The second-order valence-corrected chi connectivity index (χ2v) is 8.59. The summed E-state index contributed by atoms with van der Waals surface area (Å²) in [6.07, 6.45) is 4.92. The van der Waals surface area contributed by atoms with Gasteiger partial charge in [-0.05, 0) is 36.6 Å². The molecular formula is C25H26FN5O3. The summed E-state index contributed by atoms with van der Waals surface area (Å²) in [5.74, 6) is 0.0977. The minimum Gasteiger partial charge on any atom is -0.370 e. The molecule has 0 spiro atoms. The SMILES string of the molecule is Cn1c(N2CCO[C@@H](c3ccc(N4CCCCC4=O)cc3)C2)nc(-c2ccncc2F)cc1=O. The Labute approximate surface area is 196 Å². The lowest BCUT2D eigenvalue weighted by Crippen LogP contribution is -2.41. The Morgan fingerprint density at radius 3 is 2.68 bits per heavy atom. The number of halogens is 1. The molecule has 9 heteroatoms. The molecule has 0 radical (unpaired) electrons. The predicted molar refractivity (Wildman–Crippen MR) is 126 cm³/mol. The number of piperidine rings is 1. The van der Waals surface area contributed by atoms with Crippen LogP contribution in [0.5, 0.6) is 0 Å².